The smallest absolute Gasteiger partial charge is 0.232 e. The molecule has 2 rings (SSSR count). The van der Waals surface area contributed by atoms with Gasteiger partial charge in [-0.3, -0.25) is 9.10 Å². The molecule has 6 heteroatoms. The van der Waals surface area contributed by atoms with E-state index in [-0.39, 0.29) is 18.9 Å². The molecule has 28 heavy (non-hydrogen) atoms. The summed E-state index contributed by atoms with van der Waals surface area (Å²) in [4.78, 5) is 12.4. The van der Waals surface area contributed by atoms with Gasteiger partial charge in [-0.25, -0.2) is 8.42 Å². The second-order valence-electron chi connectivity index (χ2n) is 7.45. The number of amides is 1. The fraction of sp³-hybridized carbons (Fsp3) is 0.409. The maximum absolute atomic E-state index is 12.4. The zero-order valence-electron chi connectivity index (χ0n) is 17.3. The Kier molecular flexibility index (Phi) is 7.24. The first-order valence-electron chi connectivity index (χ1n) is 9.54. The van der Waals surface area contributed by atoms with E-state index in [4.69, 9.17) is 0 Å². The Hall–Kier alpha value is -2.34. The molecule has 0 saturated heterocycles. The van der Waals surface area contributed by atoms with Gasteiger partial charge in [0.2, 0.25) is 15.9 Å². The average Bonchev–Trinajstić information content (AvgIpc) is 2.61. The fourth-order valence-electron chi connectivity index (χ4n) is 3.18. The number of nitrogens with zero attached hydrogens (tertiary/aromatic N) is 1. The van der Waals surface area contributed by atoms with Crippen molar-refractivity contribution >= 4 is 27.3 Å². The lowest BCUT2D eigenvalue weighted by Crippen LogP contribution is -2.32. The van der Waals surface area contributed by atoms with Crippen molar-refractivity contribution in [3.05, 3.63) is 59.2 Å². The van der Waals surface area contributed by atoms with Gasteiger partial charge in [0.05, 0.1) is 11.9 Å². The van der Waals surface area contributed by atoms with Gasteiger partial charge in [0.1, 0.15) is 0 Å². The van der Waals surface area contributed by atoms with Crippen LogP contribution in [0.4, 0.5) is 11.4 Å². The second kappa shape index (κ2) is 9.24. The minimum absolute atomic E-state index is 0.109. The molecule has 0 unspecified atom stereocenters. The van der Waals surface area contributed by atoms with Crippen LogP contribution >= 0.6 is 0 Å². The van der Waals surface area contributed by atoms with Crippen molar-refractivity contribution in [2.45, 2.75) is 46.5 Å². The Bertz CT molecular complexity index is 937. The third-order valence-corrected chi connectivity index (χ3v) is 6.05. The van der Waals surface area contributed by atoms with Crippen LogP contribution in [0.25, 0.3) is 0 Å². The third-order valence-electron chi connectivity index (χ3n) is 4.87. The fourth-order valence-corrected chi connectivity index (χ4v) is 4.20. The molecule has 0 atom stereocenters. The second-order valence-corrected chi connectivity index (χ2v) is 9.35. The number of para-hydroxylation sites is 1. The average molecular weight is 403 g/mol. The molecular formula is C22H30N2O3S. The third kappa shape index (κ3) is 5.58. The number of rotatable bonds is 8. The highest BCUT2D eigenvalue weighted by Crippen LogP contribution is 2.26. The summed E-state index contributed by atoms with van der Waals surface area (Å²) in [5.74, 6) is 0.198. The zero-order valence-corrected chi connectivity index (χ0v) is 18.1. The molecule has 0 bridgehead atoms. The standard InChI is InChI=1S/C22H30N2O3S/c1-16(2)19-11-6-7-12-20(19)23-22(25)14-9-15-24(28(5,26)27)21-13-8-10-17(3)18(21)4/h6-8,10-13,16H,9,14-15H2,1-5H3,(H,23,25). The number of sulfonamides is 1. The Morgan fingerprint density at radius 1 is 1.07 bits per heavy atom. The van der Waals surface area contributed by atoms with Crippen LogP contribution in [-0.4, -0.2) is 27.1 Å². The van der Waals surface area contributed by atoms with E-state index < -0.39 is 10.0 Å². The molecule has 0 spiro atoms. The molecule has 0 aliphatic heterocycles. The molecule has 0 fully saturated rings. The van der Waals surface area contributed by atoms with Gasteiger partial charge in [-0.1, -0.05) is 44.2 Å². The van der Waals surface area contributed by atoms with Crippen molar-refractivity contribution in [3.8, 4) is 0 Å². The van der Waals surface area contributed by atoms with Crippen LogP contribution in [0.2, 0.25) is 0 Å². The Labute approximate surface area is 168 Å². The predicted octanol–water partition coefficient (Wildman–Crippen LogP) is 4.61. The lowest BCUT2D eigenvalue weighted by Gasteiger charge is -2.25. The van der Waals surface area contributed by atoms with Gasteiger partial charge < -0.3 is 5.32 Å². The molecule has 0 aliphatic rings. The number of carbonyl (C=O) groups is 1. The molecule has 5 nitrogen and oxygen atoms in total. The van der Waals surface area contributed by atoms with E-state index in [1.165, 1.54) is 10.6 Å². The number of aryl methyl sites for hydroxylation is 1. The summed E-state index contributed by atoms with van der Waals surface area (Å²) in [5.41, 5.74) is 4.55. The molecule has 0 aromatic heterocycles. The van der Waals surface area contributed by atoms with Crippen molar-refractivity contribution < 1.29 is 13.2 Å². The predicted molar refractivity (Wildman–Crippen MR) is 117 cm³/mol. The molecular weight excluding hydrogens is 372 g/mol. The zero-order chi connectivity index (χ0) is 20.9. The van der Waals surface area contributed by atoms with Gasteiger partial charge >= 0.3 is 0 Å². The van der Waals surface area contributed by atoms with Gasteiger partial charge in [-0.05, 0) is 55.0 Å². The summed E-state index contributed by atoms with van der Waals surface area (Å²) < 4.78 is 26.0. The Balaban J connectivity index is 2.05. The first kappa shape index (κ1) is 22.0. The summed E-state index contributed by atoms with van der Waals surface area (Å²) in [6.07, 6.45) is 1.90. The van der Waals surface area contributed by atoms with Gasteiger partial charge in [0, 0.05) is 18.7 Å². The normalized spacial score (nSPS) is 11.5. The minimum atomic E-state index is -3.43. The Morgan fingerprint density at radius 3 is 2.39 bits per heavy atom. The molecule has 0 heterocycles. The van der Waals surface area contributed by atoms with Crippen LogP contribution in [0.3, 0.4) is 0 Å². The summed E-state index contributed by atoms with van der Waals surface area (Å²) >= 11 is 0. The van der Waals surface area contributed by atoms with E-state index in [9.17, 15) is 13.2 Å². The van der Waals surface area contributed by atoms with Crippen LogP contribution in [0.1, 0.15) is 49.3 Å². The number of hydrogen-bond donors (Lipinski definition) is 1. The molecule has 0 radical (unpaired) electrons. The highest BCUT2D eigenvalue weighted by molar-refractivity contribution is 7.92. The van der Waals surface area contributed by atoms with Gasteiger partial charge in [0.15, 0.2) is 0 Å². The largest absolute Gasteiger partial charge is 0.326 e. The first-order valence-corrected chi connectivity index (χ1v) is 11.4. The van der Waals surface area contributed by atoms with E-state index in [0.29, 0.717) is 18.0 Å². The van der Waals surface area contributed by atoms with E-state index in [1.54, 1.807) is 0 Å². The van der Waals surface area contributed by atoms with Crippen molar-refractivity contribution in [1.82, 2.24) is 0 Å². The van der Waals surface area contributed by atoms with E-state index in [2.05, 4.69) is 19.2 Å². The van der Waals surface area contributed by atoms with E-state index in [1.807, 2.05) is 56.3 Å². The maximum Gasteiger partial charge on any atom is 0.232 e. The van der Waals surface area contributed by atoms with Crippen molar-refractivity contribution in [1.29, 1.82) is 0 Å². The molecule has 1 N–H and O–H groups in total. The van der Waals surface area contributed by atoms with Crippen LogP contribution in [0.5, 0.6) is 0 Å². The van der Waals surface area contributed by atoms with Crippen LogP contribution in [0, 0.1) is 13.8 Å². The van der Waals surface area contributed by atoms with Crippen LogP contribution < -0.4 is 9.62 Å². The number of hydrogen-bond acceptors (Lipinski definition) is 3. The van der Waals surface area contributed by atoms with Crippen LogP contribution in [0.15, 0.2) is 42.5 Å². The first-order chi connectivity index (χ1) is 13.1. The maximum atomic E-state index is 12.4. The quantitative estimate of drug-likeness (QED) is 0.701. The highest BCUT2D eigenvalue weighted by atomic mass is 32.2. The van der Waals surface area contributed by atoms with Crippen molar-refractivity contribution in [2.24, 2.45) is 0 Å². The van der Waals surface area contributed by atoms with Gasteiger partial charge in [-0.2, -0.15) is 0 Å². The SMILES string of the molecule is Cc1cccc(N(CCCC(=O)Nc2ccccc2C(C)C)S(C)(=O)=O)c1C. The molecule has 0 aliphatic carbocycles. The summed E-state index contributed by atoms with van der Waals surface area (Å²) in [6.45, 7) is 8.30. The number of nitrogens with one attached hydrogen (secondary N) is 1. The topological polar surface area (TPSA) is 66.5 Å². The number of anilines is 2. The van der Waals surface area contributed by atoms with Crippen molar-refractivity contribution in [2.75, 3.05) is 22.4 Å². The summed E-state index contributed by atoms with van der Waals surface area (Å²) in [7, 11) is -3.43. The Morgan fingerprint density at radius 2 is 1.75 bits per heavy atom. The number of carbonyl (C=O) groups excluding carboxylic acids is 1. The van der Waals surface area contributed by atoms with E-state index in [0.717, 1.165) is 22.4 Å². The van der Waals surface area contributed by atoms with Crippen LogP contribution in [-0.2, 0) is 14.8 Å². The summed E-state index contributed by atoms with van der Waals surface area (Å²) in [6, 6.07) is 13.4. The summed E-state index contributed by atoms with van der Waals surface area (Å²) in [5, 5.41) is 2.96. The van der Waals surface area contributed by atoms with E-state index >= 15 is 0 Å². The molecule has 1 amide bonds. The lowest BCUT2D eigenvalue weighted by molar-refractivity contribution is -0.116. The number of benzene rings is 2. The van der Waals surface area contributed by atoms with Gasteiger partial charge in [-0.15, -0.1) is 0 Å². The van der Waals surface area contributed by atoms with Crippen molar-refractivity contribution in [3.63, 3.8) is 0 Å². The molecule has 0 saturated carbocycles. The highest BCUT2D eigenvalue weighted by Gasteiger charge is 2.20. The van der Waals surface area contributed by atoms with Gasteiger partial charge in [0.25, 0.3) is 0 Å². The lowest BCUT2D eigenvalue weighted by atomic mass is 10.0. The molecule has 152 valence electrons. The monoisotopic (exact) mass is 402 g/mol. The molecule has 2 aromatic carbocycles. The minimum Gasteiger partial charge on any atom is -0.326 e. The molecule has 2 aromatic rings.